The van der Waals surface area contributed by atoms with Gasteiger partial charge < -0.3 is 4.42 Å². The molecule has 6 rings (SSSR count). The van der Waals surface area contributed by atoms with Gasteiger partial charge in [0, 0.05) is 10.8 Å². The topological polar surface area (TPSA) is 50.1 Å². The lowest BCUT2D eigenvalue weighted by Crippen LogP contribution is -2.36. The van der Waals surface area contributed by atoms with Gasteiger partial charge in [-0.1, -0.05) is 30.3 Å². The minimum Gasteiger partial charge on any atom is -0.454 e. The van der Waals surface area contributed by atoms with Crippen molar-refractivity contribution >= 4 is 38.5 Å². The van der Waals surface area contributed by atoms with Crippen molar-refractivity contribution in [3.8, 4) is 11.8 Å². The number of nitrogens with zero attached hydrogens (tertiary/aromatic N) is 4. The van der Waals surface area contributed by atoms with E-state index in [1.54, 1.807) is 12.1 Å². The van der Waals surface area contributed by atoms with Gasteiger partial charge in [-0.15, -0.1) is 9.36 Å². The molecule has 0 amide bonds. The number of para-hydroxylation sites is 1. The highest BCUT2D eigenvalue weighted by molar-refractivity contribution is 6.08. The SMILES string of the molecule is [C-]#[N+]c1ccc(C#N)c2c[n+]3n(c12)-c1c(ccc2c1oc1ccccc12)C3. The molecule has 5 heteroatoms. The van der Waals surface area contributed by atoms with Crippen LogP contribution in [-0.4, -0.2) is 4.68 Å². The van der Waals surface area contributed by atoms with Crippen LogP contribution in [0.15, 0.2) is 59.1 Å². The van der Waals surface area contributed by atoms with Gasteiger partial charge >= 0.3 is 0 Å². The van der Waals surface area contributed by atoms with Crippen molar-refractivity contribution in [2.75, 3.05) is 0 Å². The minimum atomic E-state index is 0.531. The second-order valence-corrected chi connectivity index (χ2v) is 6.70. The van der Waals surface area contributed by atoms with Crippen LogP contribution in [0.5, 0.6) is 0 Å². The molecule has 0 bridgehead atoms. The third-order valence-corrected chi connectivity index (χ3v) is 5.33. The Balaban J connectivity index is 1.83. The Labute approximate surface area is 153 Å². The average molecular weight is 347 g/mol. The quantitative estimate of drug-likeness (QED) is 0.298. The highest BCUT2D eigenvalue weighted by Crippen LogP contribution is 2.39. The van der Waals surface area contributed by atoms with Crippen LogP contribution in [0.1, 0.15) is 11.1 Å². The smallest absolute Gasteiger partial charge is 0.217 e. The van der Waals surface area contributed by atoms with E-state index in [-0.39, 0.29) is 0 Å². The molecule has 5 aromatic rings. The summed E-state index contributed by atoms with van der Waals surface area (Å²) >= 11 is 0. The van der Waals surface area contributed by atoms with Crippen LogP contribution in [0.25, 0.3) is 43.4 Å². The number of aromatic nitrogens is 2. The summed E-state index contributed by atoms with van der Waals surface area (Å²) in [5.41, 5.74) is 5.62. The zero-order valence-electron chi connectivity index (χ0n) is 14.1. The molecule has 0 spiro atoms. The van der Waals surface area contributed by atoms with E-state index in [4.69, 9.17) is 11.0 Å². The molecule has 0 atom stereocenters. The zero-order chi connectivity index (χ0) is 18.1. The van der Waals surface area contributed by atoms with Gasteiger partial charge in [-0.3, -0.25) is 0 Å². The number of furan rings is 1. The summed E-state index contributed by atoms with van der Waals surface area (Å²) in [6.45, 7) is 8.27. The van der Waals surface area contributed by atoms with E-state index in [0.717, 1.165) is 44.1 Å². The maximum atomic E-state index is 9.49. The summed E-state index contributed by atoms with van der Waals surface area (Å²) in [6, 6.07) is 17.9. The van der Waals surface area contributed by atoms with Crippen LogP contribution in [-0.2, 0) is 6.54 Å². The van der Waals surface area contributed by atoms with Crippen molar-refractivity contribution < 1.29 is 9.10 Å². The molecule has 0 N–H and O–H groups in total. The number of benzene rings is 3. The van der Waals surface area contributed by atoms with Gasteiger partial charge in [-0.25, -0.2) is 4.85 Å². The number of hydrogen-bond donors (Lipinski definition) is 0. The molecule has 0 saturated carbocycles. The Morgan fingerprint density at radius 3 is 2.81 bits per heavy atom. The highest BCUT2D eigenvalue weighted by atomic mass is 16.3. The van der Waals surface area contributed by atoms with Crippen molar-refractivity contribution in [2.45, 2.75) is 6.54 Å². The van der Waals surface area contributed by atoms with Gasteiger partial charge in [0.15, 0.2) is 17.8 Å². The Morgan fingerprint density at radius 1 is 1.07 bits per heavy atom. The van der Waals surface area contributed by atoms with Gasteiger partial charge in [0.2, 0.25) is 11.9 Å². The van der Waals surface area contributed by atoms with Crippen LogP contribution in [0, 0.1) is 17.9 Å². The highest BCUT2D eigenvalue weighted by Gasteiger charge is 2.33. The monoisotopic (exact) mass is 347 g/mol. The first-order chi connectivity index (χ1) is 13.3. The zero-order valence-corrected chi connectivity index (χ0v) is 14.1. The summed E-state index contributed by atoms with van der Waals surface area (Å²) in [4.78, 5) is 3.70. The van der Waals surface area contributed by atoms with Gasteiger partial charge in [-0.05, 0) is 18.2 Å². The maximum absolute atomic E-state index is 9.49. The summed E-state index contributed by atoms with van der Waals surface area (Å²) < 4.78 is 10.3. The van der Waals surface area contributed by atoms with Gasteiger partial charge in [0.25, 0.3) is 0 Å². The maximum Gasteiger partial charge on any atom is 0.217 e. The standard InChI is InChI=1S/C22H11N4O/c1-24-18-9-7-13(10-23)17-12-25-11-14-6-8-16-15-4-2-3-5-19(15)27-22(16)20(14)26(25)21(17)18/h2-9,12H,11H2/q+1. The second kappa shape index (κ2) is 4.75. The van der Waals surface area contributed by atoms with E-state index in [1.165, 1.54) is 0 Å². The predicted molar refractivity (Wildman–Crippen MR) is 101 cm³/mol. The molecule has 3 aromatic carbocycles. The molecule has 0 fully saturated rings. The number of fused-ring (bicyclic) bond motifs is 9. The van der Waals surface area contributed by atoms with Crippen LogP contribution in [0.2, 0.25) is 0 Å². The van der Waals surface area contributed by atoms with Crippen molar-refractivity contribution in [1.29, 1.82) is 5.26 Å². The van der Waals surface area contributed by atoms with E-state index < -0.39 is 0 Å². The lowest BCUT2D eigenvalue weighted by molar-refractivity contribution is -0.749. The van der Waals surface area contributed by atoms with E-state index in [0.29, 0.717) is 17.8 Å². The molecule has 0 saturated heterocycles. The van der Waals surface area contributed by atoms with Crippen LogP contribution in [0.4, 0.5) is 5.69 Å². The third-order valence-electron chi connectivity index (χ3n) is 5.33. The summed E-state index contributed by atoms with van der Waals surface area (Å²) in [5.74, 6) is 0. The fourth-order valence-corrected chi connectivity index (χ4v) is 4.18. The largest absolute Gasteiger partial charge is 0.454 e. The lowest BCUT2D eigenvalue weighted by Gasteiger charge is -2.01. The third kappa shape index (κ3) is 1.63. The van der Waals surface area contributed by atoms with Crippen LogP contribution < -0.4 is 4.68 Å². The first kappa shape index (κ1) is 14.1. The minimum absolute atomic E-state index is 0.531. The summed E-state index contributed by atoms with van der Waals surface area (Å²) in [6.07, 6.45) is 1.96. The fraction of sp³-hybridized carbons (Fsp3) is 0.0455. The van der Waals surface area contributed by atoms with Crippen LogP contribution in [0.3, 0.4) is 0 Å². The molecule has 3 heterocycles. The molecule has 27 heavy (non-hydrogen) atoms. The Bertz CT molecular complexity index is 1520. The molecule has 1 aliphatic rings. The molecule has 124 valence electrons. The number of rotatable bonds is 0. The van der Waals surface area contributed by atoms with Gasteiger partial charge in [0.05, 0.1) is 29.2 Å². The molecule has 0 unspecified atom stereocenters. The Morgan fingerprint density at radius 2 is 1.96 bits per heavy atom. The molecule has 1 aliphatic heterocycles. The van der Waals surface area contributed by atoms with Crippen LogP contribution >= 0.6 is 0 Å². The molecular formula is C22H11N4O+. The number of hydrogen-bond acceptors (Lipinski definition) is 2. The first-order valence-electron chi connectivity index (χ1n) is 8.59. The molecule has 5 nitrogen and oxygen atoms in total. The van der Waals surface area contributed by atoms with Crippen molar-refractivity contribution in [3.63, 3.8) is 0 Å². The molecule has 2 aromatic heterocycles. The normalized spacial score (nSPS) is 12.2. The van der Waals surface area contributed by atoms with Gasteiger partial charge in [-0.2, -0.15) is 5.26 Å². The summed E-state index contributed by atoms with van der Waals surface area (Å²) in [7, 11) is 0. The fourth-order valence-electron chi connectivity index (χ4n) is 4.18. The number of nitriles is 1. The lowest BCUT2D eigenvalue weighted by atomic mass is 10.1. The van der Waals surface area contributed by atoms with E-state index >= 15 is 0 Å². The predicted octanol–water partition coefficient (Wildman–Crippen LogP) is 4.60. The molecule has 0 aliphatic carbocycles. The molecular weight excluding hydrogens is 336 g/mol. The average Bonchev–Trinajstić information content (AvgIpc) is 3.35. The van der Waals surface area contributed by atoms with E-state index in [2.05, 4.69) is 33.8 Å². The first-order valence-corrected chi connectivity index (χ1v) is 8.59. The second-order valence-electron chi connectivity index (χ2n) is 6.70. The van der Waals surface area contributed by atoms with E-state index in [9.17, 15) is 5.26 Å². The van der Waals surface area contributed by atoms with Gasteiger partial charge in [0.1, 0.15) is 11.1 Å². The van der Waals surface area contributed by atoms with Crippen molar-refractivity contribution in [1.82, 2.24) is 4.68 Å². The molecule has 0 radical (unpaired) electrons. The van der Waals surface area contributed by atoms with Crippen molar-refractivity contribution in [2.24, 2.45) is 0 Å². The Kier molecular flexibility index (Phi) is 2.48. The Hall–Kier alpha value is -4.09. The van der Waals surface area contributed by atoms with E-state index in [1.807, 2.05) is 29.1 Å². The summed E-state index contributed by atoms with van der Waals surface area (Å²) in [5, 5.41) is 12.4. The van der Waals surface area contributed by atoms with Crippen molar-refractivity contribution in [3.05, 3.63) is 77.3 Å².